The number of carbonyl (C=O) groups is 3. The first-order valence-corrected chi connectivity index (χ1v) is 14.2. The molecular formula is C26H28N2O8S2. The van der Waals surface area contributed by atoms with Crippen molar-refractivity contribution >= 4 is 40.9 Å². The quantitative estimate of drug-likeness (QED) is 0.404. The molecule has 10 nitrogen and oxygen atoms in total. The van der Waals surface area contributed by atoms with E-state index in [9.17, 15) is 24.3 Å². The number of methoxy groups -OCH3 is 2. The van der Waals surface area contributed by atoms with E-state index >= 15 is 0 Å². The summed E-state index contributed by atoms with van der Waals surface area (Å²) in [6.45, 7) is 3.07. The third-order valence-corrected chi connectivity index (χ3v) is 10.9. The van der Waals surface area contributed by atoms with Crippen LogP contribution < -0.4 is 14.3 Å². The van der Waals surface area contributed by atoms with Gasteiger partial charge in [0.05, 0.1) is 37.2 Å². The number of carbonyl (C=O) groups excluding carboxylic acids is 3. The van der Waals surface area contributed by atoms with Gasteiger partial charge in [0.2, 0.25) is 17.6 Å². The molecule has 2 amide bonds. The Morgan fingerprint density at radius 2 is 1.74 bits per heavy atom. The smallest absolute Gasteiger partial charge is 0.326 e. The van der Waals surface area contributed by atoms with Crippen molar-refractivity contribution in [3.05, 3.63) is 32.2 Å². The maximum absolute atomic E-state index is 13.6. The highest BCUT2D eigenvalue weighted by Gasteiger charge is 2.69. The lowest BCUT2D eigenvalue weighted by Gasteiger charge is -2.43. The highest BCUT2D eigenvalue weighted by molar-refractivity contribution is 8.00. The average molecular weight is 561 g/mol. The van der Waals surface area contributed by atoms with E-state index in [4.69, 9.17) is 14.2 Å². The van der Waals surface area contributed by atoms with Crippen molar-refractivity contribution in [2.24, 2.45) is 29.6 Å². The molecule has 2 aliphatic carbocycles. The number of likely N-dealkylation sites (tertiary alicyclic amines) is 1. The van der Waals surface area contributed by atoms with Gasteiger partial charge in [0.15, 0.2) is 11.5 Å². The van der Waals surface area contributed by atoms with E-state index in [1.807, 2.05) is 0 Å². The molecule has 202 valence electrons. The Morgan fingerprint density at radius 3 is 2.34 bits per heavy atom. The van der Waals surface area contributed by atoms with Crippen LogP contribution in [0.15, 0.2) is 22.0 Å². The molecule has 1 aromatic heterocycles. The molecule has 1 aromatic carbocycles. The molecule has 3 heterocycles. The summed E-state index contributed by atoms with van der Waals surface area (Å²) in [5, 5.41) is 11.3. The second-order valence-electron chi connectivity index (χ2n) is 10.5. The van der Waals surface area contributed by atoms with Crippen LogP contribution >= 0.6 is 23.1 Å². The van der Waals surface area contributed by atoms with Crippen LogP contribution in [0, 0.1) is 29.6 Å². The summed E-state index contributed by atoms with van der Waals surface area (Å²) in [7, 11) is 2.92. The summed E-state index contributed by atoms with van der Waals surface area (Å²) in [6, 6.07) is 3.51. The lowest BCUT2D eigenvalue weighted by molar-refractivity contribution is -0.155. The number of phenolic OH excluding ortho intramolecular Hbond substituents is 1. The third kappa shape index (κ3) is 3.59. The Kier molecular flexibility index (Phi) is 6.02. The number of rotatable bonds is 6. The number of hydrogen-bond donors (Lipinski definition) is 2. The van der Waals surface area contributed by atoms with Gasteiger partial charge in [-0.1, -0.05) is 11.3 Å². The third-order valence-electron chi connectivity index (χ3n) is 8.33. The molecule has 38 heavy (non-hydrogen) atoms. The summed E-state index contributed by atoms with van der Waals surface area (Å²) >= 11 is 2.72. The van der Waals surface area contributed by atoms with Gasteiger partial charge in [0.1, 0.15) is 6.54 Å². The summed E-state index contributed by atoms with van der Waals surface area (Å²) in [5.74, 6) is -2.29. The minimum atomic E-state index is -0.596. The molecule has 4 aliphatic rings. The Morgan fingerprint density at radius 1 is 1.11 bits per heavy atom. The summed E-state index contributed by atoms with van der Waals surface area (Å²) in [4.78, 5) is 56.6. The molecule has 0 radical (unpaired) electrons. The van der Waals surface area contributed by atoms with Crippen molar-refractivity contribution in [1.82, 2.24) is 9.88 Å². The van der Waals surface area contributed by atoms with Gasteiger partial charge in [-0.15, -0.1) is 11.8 Å². The first kappa shape index (κ1) is 25.3. The van der Waals surface area contributed by atoms with Crippen LogP contribution in [0.1, 0.15) is 36.6 Å². The van der Waals surface area contributed by atoms with Gasteiger partial charge in [-0.2, -0.15) is 0 Å². The van der Waals surface area contributed by atoms with Gasteiger partial charge in [0.25, 0.3) is 0 Å². The van der Waals surface area contributed by atoms with Gasteiger partial charge < -0.3 is 24.3 Å². The fourth-order valence-electron chi connectivity index (χ4n) is 7.13. The van der Waals surface area contributed by atoms with E-state index in [1.54, 1.807) is 37.7 Å². The molecule has 12 heteroatoms. The van der Waals surface area contributed by atoms with Crippen LogP contribution in [-0.4, -0.2) is 64.9 Å². The first-order valence-electron chi connectivity index (χ1n) is 12.5. The molecule has 2 N–H and O–H groups in total. The van der Waals surface area contributed by atoms with Crippen molar-refractivity contribution in [1.29, 1.82) is 0 Å². The van der Waals surface area contributed by atoms with Crippen molar-refractivity contribution in [3.63, 3.8) is 0 Å². The number of benzene rings is 1. The number of phenols is 1. The molecule has 7 atom stereocenters. The average Bonchev–Trinajstić information content (AvgIpc) is 3.59. The number of H-pyrrole nitrogens is 1. The molecule has 6 rings (SSSR count). The first-order chi connectivity index (χ1) is 18.1. The molecule has 1 saturated heterocycles. The minimum Gasteiger partial charge on any atom is -0.502 e. The van der Waals surface area contributed by atoms with Crippen LogP contribution in [0.25, 0.3) is 0 Å². The lowest BCUT2D eigenvalue weighted by atomic mass is 9.68. The molecule has 7 unspecified atom stereocenters. The van der Waals surface area contributed by atoms with E-state index in [0.717, 1.165) is 38.1 Å². The summed E-state index contributed by atoms with van der Waals surface area (Å²) in [5.41, 5.74) is 0.807. The largest absolute Gasteiger partial charge is 0.502 e. The molecule has 3 fully saturated rings. The number of aromatic hydroxyl groups is 1. The van der Waals surface area contributed by atoms with E-state index in [-0.39, 0.29) is 75.5 Å². The van der Waals surface area contributed by atoms with Gasteiger partial charge >= 0.3 is 10.8 Å². The number of nitrogens with zero attached hydrogens (tertiary/aromatic N) is 1. The topological polar surface area (TPSA) is 135 Å². The van der Waals surface area contributed by atoms with E-state index < -0.39 is 17.8 Å². The van der Waals surface area contributed by atoms with Crippen LogP contribution in [0.2, 0.25) is 0 Å². The Balaban J connectivity index is 1.41. The lowest BCUT2D eigenvalue weighted by Crippen LogP contribution is -2.42. The molecule has 2 bridgehead atoms. The Hall–Kier alpha value is -2.99. The maximum Gasteiger partial charge on any atom is 0.326 e. The number of aromatic nitrogens is 1. The van der Waals surface area contributed by atoms with E-state index in [0.29, 0.717) is 0 Å². The summed E-state index contributed by atoms with van der Waals surface area (Å²) < 4.78 is 16.0. The van der Waals surface area contributed by atoms with Gasteiger partial charge in [-0.05, 0) is 55.7 Å². The fourth-order valence-corrected chi connectivity index (χ4v) is 10.0. The second-order valence-corrected chi connectivity index (χ2v) is 12.7. The number of fused-ring (bicyclic) bond motifs is 9. The molecular weight excluding hydrogens is 532 g/mol. The molecule has 2 aromatic rings. The molecule has 2 aliphatic heterocycles. The van der Waals surface area contributed by atoms with Gasteiger partial charge in [0, 0.05) is 16.0 Å². The number of esters is 1. The predicted octanol–water partition coefficient (Wildman–Crippen LogP) is 2.58. The SMILES string of the molecule is COc1cc(C2c3sc(=O)[nH]c3SC3C4CC(C5C(=O)N(CC(=O)OC(C)C)C(=O)C45)C23)cc(OC)c1O. The zero-order valence-corrected chi connectivity index (χ0v) is 22.9. The van der Waals surface area contributed by atoms with Gasteiger partial charge in [-0.25, -0.2) is 0 Å². The number of hydrogen-bond acceptors (Lipinski definition) is 10. The predicted molar refractivity (Wildman–Crippen MR) is 138 cm³/mol. The van der Waals surface area contributed by atoms with Crippen LogP contribution in [0.3, 0.4) is 0 Å². The Bertz CT molecular complexity index is 1370. The van der Waals surface area contributed by atoms with E-state index in [1.165, 1.54) is 14.2 Å². The molecule has 2 saturated carbocycles. The number of ether oxygens (including phenoxy) is 3. The summed E-state index contributed by atoms with van der Waals surface area (Å²) in [6.07, 6.45) is 0.382. The number of amides is 2. The monoisotopic (exact) mass is 560 g/mol. The van der Waals surface area contributed by atoms with Crippen LogP contribution in [0.4, 0.5) is 0 Å². The van der Waals surface area contributed by atoms with Gasteiger partial charge in [-0.3, -0.25) is 24.1 Å². The fraction of sp³-hybridized carbons (Fsp3) is 0.538. The van der Waals surface area contributed by atoms with Crippen molar-refractivity contribution in [2.45, 2.75) is 42.6 Å². The second kappa shape index (κ2) is 9.04. The number of thiazole rings is 1. The van der Waals surface area contributed by atoms with E-state index in [2.05, 4.69) is 4.98 Å². The number of aromatic amines is 1. The van der Waals surface area contributed by atoms with Crippen molar-refractivity contribution < 1.29 is 33.7 Å². The molecule has 0 spiro atoms. The zero-order valence-electron chi connectivity index (χ0n) is 21.3. The normalized spacial score (nSPS) is 30.9. The van der Waals surface area contributed by atoms with Crippen LogP contribution in [-0.2, 0) is 19.1 Å². The minimum absolute atomic E-state index is 0.00546. The number of thioether (sulfide) groups is 1. The number of imide groups is 1. The van der Waals surface area contributed by atoms with Crippen molar-refractivity contribution in [2.75, 3.05) is 20.8 Å². The zero-order chi connectivity index (χ0) is 27.0. The standard InChI is InChI=1S/C26H28N2O8S2/c1-9(2)36-15(29)8-28-24(31)18-11-7-12(19(18)25(28)32)21-17(11)16(22-23(37-21)27-26(33)38-22)10-5-13(34-3)20(30)14(6-10)35-4/h5-6,9,11-12,16-19,21,30H,7-8H2,1-4H3,(H,27,33). The highest BCUT2D eigenvalue weighted by Crippen LogP contribution is 2.68. The Labute approximate surface area is 226 Å². The highest BCUT2D eigenvalue weighted by atomic mass is 32.2. The number of nitrogens with one attached hydrogen (secondary N) is 1. The van der Waals surface area contributed by atoms with Crippen molar-refractivity contribution in [3.8, 4) is 17.2 Å². The maximum atomic E-state index is 13.6. The van der Waals surface area contributed by atoms with Crippen LogP contribution in [0.5, 0.6) is 17.2 Å².